The molecular formula is C43H27N3. The van der Waals surface area contributed by atoms with E-state index in [1.165, 1.54) is 43.4 Å². The molecule has 2 aromatic heterocycles. The first-order valence-corrected chi connectivity index (χ1v) is 15.5. The minimum atomic E-state index is 0.687. The van der Waals surface area contributed by atoms with E-state index in [9.17, 15) is 0 Å². The van der Waals surface area contributed by atoms with E-state index >= 15 is 0 Å². The molecule has 0 bridgehead atoms. The van der Waals surface area contributed by atoms with E-state index in [0.29, 0.717) is 5.82 Å². The van der Waals surface area contributed by atoms with Gasteiger partial charge in [0.15, 0.2) is 5.82 Å². The minimum absolute atomic E-state index is 0.687. The van der Waals surface area contributed by atoms with E-state index in [1.807, 2.05) is 42.6 Å². The second kappa shape index (κ2) is 10.8. The molecule has 2 heterocycles. The van der Waals surface area contributed by atoms with E-state index in [4.69, 9.17) is 9.97 Å². The zero-order valence-electron chi connectivity index (χ0n) is 24.9. The lowest BCUT2D eigenvalue weighted by atomic mass is 9.89. The van der Waals surface area contributed by atoms with Crippen molar-refractivity contribution in [2.45, 2.75) is 0 Å². The highest BCUT2D eigenvalue weighted by Crippen LogP contribution is 2.40. The van der Waals surface area contributed by atoms with Crippen LogP contribution >= 0.6 is 0 Å². The number of nitrogens with zero attached hydrogens (tertiary/aromatic N) is 3. The van der Waals surface area contributed by atoms with Crippen molar-refractivity contribution in [1.29, 1.82) is 0 Å². The molecule has 46 heavy (non-hydrogen) atoms. The van der Waals surface area contributed by atoms with Crippen molar-refractivity contribution >= 4 is 32.3 Å². The van der Waals surface area contributed by atoms with E-state index < -0.39 is 0 Å². The van der Waals surface area contributed by atoms with E-state index in [1.54, 1.807) is 6.20 Å². The molecular weight excluding hydrogens is 558 g/mol. The van der Waals surface area contributed by atoms with Crippen LogP contribution in [0.2, 0.25) is 0 Å². The highest BCUT2D eigenvalue weighted by molar-refractivity contribution is 6.25. The van der Waals surface area contributed by atoms with E-state index in [2.05, 4.69) is 120 Å². The van der Waals surface area contributed by atoms with Crippen molar-refractivity contribution in [3.05, 3.63) is 164 Å². The van der Waals surface area contributed by atoms with E-state index in [-0.39, 0.29) is 0 Å². The predicted octanol–water partition coefficient (Wildman–Crippen LogP) is 11.1. The van der Waals surface area contributed by atoms with Gasteiger partial charge in [-0.25, -0.2) is 9.97 Å². The fraction of sp³-hybridized carbons (Fsp3) is 0. The van der Waals surface area contributed by atoms with Gasteiger partial charge in [-0.15, -0.1) is 0 Å². The fourth-order valence-corrected chi connectivity index (χ4v) is 6.73. The molecule has 0 unspecified atom stereocenters. The first-order chi connectivity index (χ1) is 22.8. The Labute approximate surface area is 266 Å². The van der Waals surface area contributed by atoms with Gasteiger partial charge in [0.2, 0.25) is 0 Å². The molecule has 3 heteroatoms. The second-order valence-electron chi connectivity index (χ2n) is 11.7. The van der Waals surface area contributed by atoms with Crippen LogP contribution in [0.25, 0.3) is 88.5 Å². The van der Waals surface area contributed by atoms with Crippen LogP contribution in [0.3, 0.4) is 0 Å². The summed E-state index contributed by atoms with van der Waals surface area (Å²) in [6, 6.07) is 53.6. The third-order valence-electron chi connectivity index (χ3n) is 8.96. The van der Waals surface area contributed by atoms with Crippen LogP contribution < -0.4 is 0 Å². The number of benzene rings is 7. The molecule has 0 spiro atoms. The summed E-state index contributed by atoms with van der Waals surface area (Å²) < 4.78 is 0. The molecule has 7 aromatic carbocycles. The van der Waals surface area contributed by atoms with Gasteiger partial charge < -0.3 is 0 Å². The standard InChI is InChI=1S/C43H27N3/c1-2-8-29(9-3-1)39-26-40(46-43(45-39)38-14-5-4-13-35(38)34-12-7-25-44-27-34)30-17-15-28(16-18-30)36-23-21-33-20-19-31-10-6-11-32-22-24-37(36)42(33)41(31)32/h1-27H. The molecule has 0 aliphatic heterocycles. The van der Waals surface area contributed by atoms with Crippen LogP contribution in [0.4, 0.5) is 0 Å². The molecule has 0 radical (unpaired) electrons. The lowest BCUT2D eigenvalue weighted by molar-refractivity contribution is 1.18. The Bertz CT molecular complexity index is 2490. The van der Waals surface area contributed by atoms with Gasteiger partial charge in [-0.05, 0) is 61.1 Å². The summed E-state index contributed by atoms with van der Waals surface area (Å²) in [6.07, 6.45) is 3.68. The maximum atomic E-state index is 5.16. The highest BCUT2D eigenvalue weighted by Gasteiger charge is 2.16. The Morgan fingerprint density at radius 1 is 0.370 bits per heavy atom. The molecule has 0 N–H and O–H groups in total. The monoisotopic (exact) mass is 585 g/mol. The summed E-state index contributed by atoms with van der Waals surface area (Å²) in [6.45, 7) is 0. The Hall–Kier alpha value is -6.19. The van der Waals surface area contributed by atoms with Crippen molar-refractivity contribution in [2.75, 3.05) is 0 Å². The fourth-order valence-electron chi connectivity index (χ4n) is 6.73. The van der Waals surface area contributed by atoms with Crippen LogP contribution in [0.1, 0.15) is 0 Å². The summed E-state index contributed by atoms with van der Waals surface area (Å²) in [7, 11) is 0. The zero-order chi connectivity index (χ0) is 30.5. The first kappa shape index (κ1) is 26.2. The SMILES string of the molecule is c1ccc(-c2cc(-c3ccc(-c4ccc5ccc6cccc7ccc4c5c67)cc3)nc(-c3ccccc3-c3cccnc3)n2)cc1. The maximum absolute atomic E-state index is 5.16. The van der Waals surface area contributed by atoms with Gasteiger partial charge in [0.05, 0.1) is 11.4 Å². The number of hydrogen-bond donors (Lipinski definition) is 0. The molecule has 0 saturated heterocycles. The molecule has 9 aromatic rings. The van der Waals surface area contributed by atoms with E-state index in [0.717, 1.165) is 39.2 Å². The molecule has 0 aliphatic carbocycles. The van der Waals surface area contributed by atoms with Crippen LogP contribution in [-0.4, -0.2) is 15.0 Å². The molecule has 214 valence electrons. The molecule has 3 nitrogen and oxygen atoms in total. The number of pyridine rings is 1. The van der Waals surface area contributed by atoms with Crippen molar-refractivity contribution in [3.8, 4) is 56.2 Å². The second-order valence-corrected chi connectivity index (χ2v) is 11.7. The smallest absolute Gasteiger partial charge is 0.161 e. The van der Waals surface area contributed by atoms with Gasteiger partial charge in [0, 0.05) is 34.6 Å². The van der Waals surface area contributed by atoms with Gasteiger partial charge in [-0.1, -0.05) is 140 Å². The highest BCUT2D eigenvalue weighted by atomic mass is 14.9. The van der Waals surface area contributed by atoms with Crippen molar-refractivity contribution in [3.63, 3.8) is 0 Å². The van der Waals surface area contributed by atoms with Crippen LogP contribution in [0, 0.1) is 0 Å². The van der Waals surface area contributed by atoms with Gasteiger partial charge in [0.1, 0.15) is 0 Å². The third kappa shape index (κ3) is 4.41. The Kier molecular flexibility index (Phi) is 6.14. The molecule has 0 atom stereocenters. The maximum Gasteiger partial charge on any atom is 0.161 e. The molecule has 0 fully saturated rings. The lowest BCUT2D eigenvalue weighted by Gasteiger charge is -2.15. The largest absolute Gasteiger partial charge is 0.264 e. The number of hydrogen-bond acceptors (Lipinski definition) is 3. The number of aromatic nitrogens is 3. The van der Waals surface area contributed by atoms with Gasteiger partial charge in [0.25, 0.3) is 0 Å². The van der Waals surface area contributed by atoms with Gasteiger partial charge in [-0.2, -0.15) is 0 Å². The Balaban J connectivity index is 1.18. The quantitative estimate of drug-likeness (QED) is 0.189. The topological polar surface area (TPSA) is 38.7 Å². The summed E-state index contributed by atoms with van der Waals surface area (Å²) in [5, 5.41) is 7.77. The molecule has 0 aliphatic rings. The lowest BCUT2D eigenvalue weighted by Crippen LogP contribution is -1.97. The predicted molar refractivity (Wildman–Crippen MR) is 191 cm³/mol. The van der Waals surface area contributed by atoms with Crippen LogP contribution in [0.5, 0.6) is 0 Å². The normalized spacial score (nSPS) is 11.5. The Morgan fingerprint density at radius 3 is 1.72 bits per heavy atom. The summed E-state index contributed by atoms with van der Waals surface area (Å²) in [4.78, 5) is 14.6. The average molecular weight is 586 g/mol. The van der Waals surface area contributed by atoms with Crippen molar-refractivity contribution in [2.24, 2.45) is 0 Å². The zero-order valence-corrected chi connectivity index (χ0v) is 24.9. The minimum Gasteiger partial charge on any atom is -0.264 e. The number of rotatable bonds is 5. The first-order valence-electron chi connectivity index (χ1n) is 15.5. The molecule has 0 saturated carbocycles. The Morgan fingerprint density at radius 2 is 0.978 bits per heavy atom. The molecule has 0 amide bonds. The summed E-state index contributed by atoms with van der Waals surface area (Å²) >= 11 is 0. The average Bonchev–Trinajstić information content (AvgIpc) is 3.14. The summed E-state index contributed by atoms with van der Waals surface area (Å²) in [5.74, 6) is 0.687. The van der Waals surface area contributed by atoms with Crippen molar-refractivity contribution in [1.82, 2.24) is 15.0 Å². The van der Waals surface area contributed by atoms with Gasteiger partial charge in [-0.3, -0.25) is 4.98 Å². The van der Waals surface area contributed by atoms with Crippen LogP contribution in [0.15, 0.2) is 164 Å². The third-order valence-corrected chi connectivity index (χ3v) is 8.96. The van der Waals surface area contributed by atoms with Gasteiger partial charge >= 0.3 is 0 Å². The van der Waals surface area contributed by atoms with Crippen LogP contribution in [-0.2, 0) is 0 Å². The molecule has 9 rings (SSSR count). The summed E-state index contributed by atoms with van der Waals surface area (Å²) in [5.41, 5.74) is 9.33. The van der Waals surface area contributed by atoms with Crippen molar-refractivity contribution < 1.29 is 0 Å².